The van der Waals surface area contributed by atoms with Gasteiger partial charge in [0.15, 0.2) is 0 Å². The van der Waals surface area contributed by atoms with Crippen molar-refractivity contribution in [2.45, 2.75) is 6.54 Å². The van der Waals surface area contributed by atoms with Crippen LogP contribution in [0.5, 0.6) is 0 Å². The predicted molar refractivity (Wildman–Crippen MR) is 92.0 cm³/mol. The number of nitrogen functional groups attached to an aromatic ring is 1. The van der Waals surface area contributed by atoms with E-state index in [-0.39, 0.29) is 0 Å². The van der Waals surface area contributed by atoms with Crippen molar-refractivity contribution in [2.75, 3.05) is 32.0 Å². The van der Waals surface area contributed by atoms with Crippen LogP contribution in [0.25, 0.3) is 22.2 Å². The highest BCUT2D eigenvalue weighted by Gasteiger charge is 2.16. The van der Waals surface area contributed by atoms with Gasteiger partial charge in [-0.1, -0.05) is 24.3 Å². The molecule has 0 unspecified atom stereocenters. The lowest BCUT2D eigenvalue weighted by molar-refractivity contribution is 0.0342. The molecule has 118 valence electrons. The molecule has 1 aliphatic rings. The van der Waals surface area contributed by atoms with E-state index in [4.69, 9.17) is 10.5 Å². The molecule has 0 saturated carbocycles. The van der Waals surface area contributed by atoms with Gasteiger partial charge in [-0.25, -0.2) is 0 Å². The Bertz CT molecular complexity index is 821. The number of hydrogen-bond donors (Lipinski definition) is 2. The highest BCUT2D eigenvalue weighted by molar-refractivity contribution is 5.95. The molecule has 0 bridgehead atoms. The summed E-state index contributed by atoms with van der Waals surface area (Å²) in [4.78, 5) is 2.43. The first-order valence-corrected chi connectivity index (χ1v) is 7.93. The lowest BCUT2D eigenvalue weighted by Crippen LogP contribution is -2.35. The van der Waals surface area contributed by atoms with Crippen molar-refractivity contribution in [2.24, 2.45) is 0 Å². The van der Waals surface area contributed by atoms with Gasteiger partial charge in [-0.15, -0.1) is 0 Å². The molecular weight excluding hydrogens is 288 g/mol. The maximum absolute atomic E-state index is 5.86. The summed E-state index contributed by atoms with van der Waals surface area (Å²) in [6, 6.07) is 14.4. The number of H-pyrrole nitrogens is 1. The van der Waals surface area contributed by atoms with E-state index in [1.165, 1.54) is 11.1 Å². The molecule has 0 spiro atoms. The number of hydrogen-bond acceptors (Lipinski definition) is 4. The SMILES string of the molecule is Nc1ccc2c(-c3ccccc3CN3CCOCC3)n[nH]c2c1. The number of ether oxygens (including phenoxy) is 1. The molecule has 0 atom stereocenters. The van der Waals surface area contributed by atoms with E-state index in [1.807, 2.05) is 18.2 Å². The molecule has 1 aliphatic heterocycles. The van der Waals surface area contributed by atoms with Gasteiger partial charge in [-0.05, 0) is 23.8 Å². The fraction of sp³-hybridized carbons (Fsp3) is 0.278. The van der Waals surface area contributed by atoms with Crippen LogP contribution in [0.2, 0.25) is 0 Å². The van der Waals surface area contributed by atoms with Crippen molar-refractivity contribution in [3.63, 3.8) is 0 Å². The third-order valence-electron chi connectivity index (χ3n) is 4.36. The van der Waals surface area contributed by atoms with E-state index in [9.17, 15) is 0 Å². The molecule has 2 aromatic carbocycles. The number of rotatable bonds is 3. The fourth-order valence-electron chi connectivity index (χ4n) is 3.13. The number of aromatic nitrogens is 2. The van der Waals surface area contributed by atoms with Crippen LogP contribution in [0.3, 0.4) is 0 Å². The Kier molecular flexibility index (Phi) is 3.73. The lowest BCUT2D eigenvalue weighted by atomic mass is 10.0. The summed E-state index contributed by atoms with van der Waals surface area (Å²) in [5.41, 5.74) is 11.0. The van der Waals surface area contributed by atoms with Crippen molar-refractivity contribution in [3.05, 3.63) is 48.0 Å². The summed E-state index contributed by atoms with van der Waals surface area (Å²) in [6.07, 6.45) is 0. The van der Waals surface area contributed by atoms with Crippen molar-refractivity contribution in [3.8, 4) is 11.3 Å². The number of nitrogens with zero attached hydrogens (tertiary/aromatic N) is 2. The summed E-state index contributed by atoms with van der Waals surface area (Å²) in [5.74, 6) is 0. The van der Waals surface area contributed by atoms with E-state index in [2.05, 4.69) is 39.4 Å². The minimum absolute atomic E-state index is 0.745. The van der Waals surface area contributed by atoms with E-state index in [0.29, 0.717) is 0 Å². The normalized spacial score (nSPS) is 16.0. The fourth-order valence-corrected chi connectivity index (χ4v) is 3.13. The zero-order chi connectivity index (χ0) is 15.6. The monoisotopic (exact) mass is 308 g/mol. The lowest BCUT2D eigenvalue weighted by Gasteiger charge is -2.27. The molecule has 1 fully saturated rings. The molecule has 1 saturated heterocycles. The quantitative estimate of drug-likeness (QED) is 0.730. The molecule has 2 heterocycles. The number of nitrogens with one attached hydrogen (secondary N) is 1. The van der Waals surface area contributed by atoms with Gasteiger partial charge in [0.2, 0.25) is 0 Å². The number of aromatic amines is 1. The van der Waals surface area contributed by atoms with E-state index in [0.717, 1.165) is 55.1 Å². The zero-order valence-electron chi connectivity index (χ0n) is 13.0. The van der Waals surface area contributed by atoms with Crippen LogP contribution in [-0.4, -0.2) is 41.4 Å². The average Bonchev–Trinajstić information content (AvgIpc) is 2.99. The first-order valence-electron chi connectivity index (χ1n) is 7.93. The summed E-state index contributed by atoms with van der Waals surface area (Å²) in [7, 11) is 0. The molecule has 3 aromatic rings. The maximum Gasteiger partial charge on any atom is 0.100 e. The largest absolute Gasteiger partial charge is 0.399 e. The van der Waals surface area contributed by atoms with E-state index < -0.39 is 0 Å². The van der Waals surface area contributed by atoms with Gasteiger partial charge in [0.25, 0.3) is 0 Å². The van der Waals surface area contributed by atoms with Gasteiger partial charge in [-0.3, -0.25) is 10.00 Å². The number of morpholine rings is 1. The molecule has 3 N–H and O–H groups in total. The highest BCUT2D eigenvalue weighted by Crippen LogP contribution is 2.30. The molecule has 0 radical (unpaired) electrons. The van der Waals surface area contributed by atoms with Gasteiger partial charge in [0.1, 0.15) is 5.69 Å². The van der Waals surface area contributed by atoms with Crippen LogP contribution in [0, 0.1) is 0 Å². The minimum atomic E-state index is 0.745. The Morgan fingerprint density at radius 3 is 2.83 bits per heavy atom. The smallest absolute Gasteiger partial charge is 0.100 e. The molecule has 4 rings (SSSR count). The Balaban J connectivity index is 1.73. The molecule has 1 aromatic heterocycles. The van der Waals surface area contributed by atoms with Crippen molar-refractivity contribution < 1.29 is 4.74 Å². The van der Waals surface area contributed by atoms with Crippen LogP contribution >= 0.6 is 0 Å². The number of nitrogens with two attached hydrogens (primary N) is 1. The van der Waals surface area contributed by atoms with Crippen LogP contribution in [0.15, 0.2) is 42.5 Å². The molecule has 23 heavy (non-hydrogen) atoms. The van der Waals surface area contributed by atoms with Crippen molar-refractivity contribution in [1.29, 1.82) is 0 Å². The van der Waals surface area contributed by atoms with Crippen LogP contribution in [-0.2, 0) is 11.3 Å². The van der Waals surface area contributed by atoms with Gasteiger partial charge in [0, 0.05) is 36.3 Å². The van der Waals surface area contributed by atoms with Gasteiger partial charge >= 0.3 is 0 Å². The number of fused-ring (bicyclic) bond motifs is 1. The highest BCUT2D eigenvalue weighted by atomic mass is 16.5. The van der Waals surface area contributed by atoms with Crippen LogP contribution in [0.4, 0.5) is 5.69 Å². The van der Waals surface area contributed by atoms with Gasteiger partial charge in [0.05, 0.1) is 18.7 Å². The van der Waals surface area contributed by atoms with Gasteiger partial charge < -0.3 is 10.5 Å². The van der Waals surface area contributed by atoms with Crippen LogP contribution < -0.4 is 5.73 Å². The maximum atomic E-state index is 5.86. The minimum Gasteiger partial charge on any atom is -0.399 e. The zero-order valence-corrected chi connectivity index (χ0v) is 13.0. The second-order valence-corrected chi connectivity index (χ2v) is 5.92. The summed E-state index contributed by atoms with van der Waals surface area (Å²) < 4.78 is 5.44. The third kappa shape index (κ3) is 2.81. The summed E-state index contributed by atoms with van der Waals surface area (Å²) in [6.45, 7) is 4.50. The average molecular weight is 308 g/mol. The Morgan fingerprint density at radius 1 is 1.13 bits per heavy atom. The predicted octanol–water partition coefficient (Wildman–Crippen LogP) is 2.64. The molecular formula is C18H20N4O. The van der Waals surface area contributed by atoms with Crippen molar-refractivity contribution >= 4 is 16.6 Å². The summed E-state index contributed by atoms with van der Waals surface area (Å²) in [5, 5.41) is 8.74. The first kappa shape index (κ1) is 14.2. The van der Waals surface area contributed by atoms with Gasteiger partial charge in [-0.2, -0.15) is 5.10 Å². The molecule has 5 nitrogen and oxygen atoms in total. The molecule has 0 aliphatic carbocycles. The van der Waals surface area contributed by atoms with E-state index >= 15 is 0 Å². The number of anilines is 1. The first-order chi connectivity index (χ1) is 11.3. The van der Waals surface area contributed by atoms with Crippen LogP contribution in [0.1, 0.15) is 5.56 Å². The number of benzene rings is 2. The summed E-state index contributed by atoms with van der Waals surface area (Å²) >= 11 is 0. The molecule has 5 heteroatoms. The van der Waals surface area contributed by atoms with Crippen molar-refractivity contribution in [1.82, 2.24) is 15.1 Å². The second-order valence-electron chi connectivity index (χ2n) is 5.92. The Labute approximate surface area is 135 Å². The Morgan fingerprint density at radius 2 is 1.96 bits per heavy atom. The molecule has 0 amide bonds. The Hall–Kier alpha value is -2.37. The third-order valence-corrected chi connectivity index (χ3v) is 4.36. The topological polar surface area (TPSA) is 67.2 Å². The second kappa shape index (κ2) is 6.02. The standard InChI is InChI=1S/C18H20N4O/c19-14-5-6-16-17(11-14)20-21-18(16)15-4-2-1-3-13(15)12-22-7-9-23-10-8-22/h1-6,11H,7-10,12,19H2,(H,20,21). The van der Waals surface area contributed by atoms with E-state index in [1.54, 1.807) is 0 Å².